The maximum atomic E-state index is 13.3. The van der Waals surface area contributed by atoms with Crippen molar-refractivity contribution in [1.29, 1.82) is 0 Å². The van der Waals surface area contributed by atoms with Crippen LogP contribution in [0.1, 0.15) is 28.8 Å². The molecule has 2 heterocycles. The molecule has 0 radical (unpaired) electrons. The van der Waals surface area contributed by atoms with Gasteiger partial charge in [0, 0.05) is 41.3 Å². The molecule has 10 heteroatoms. The van der Waals surface area contributed by atoms with E-state index < -0.39 is 18.1 Å². The van der Waals surface area contributed by atoms with Crippen molar-refractivity contribution in [3.8, 4) is 11.5 Å². The molecule has 0 bridgehead atoms. The first-order valence-corrected chi connectivity index (χ1v) is 12.3. The Hall–Kier alpha value is -3.95. The monoisotopic (exact) mass is 539 g/mol. The van der Waals surface area contributed by atoms with Gasteiger partial charge in [0.05, 0.1) is 16.9 Å². The summed E-state index contributed by atoms with van der Waals surface area (Å²) < 4.78 is 31.2. The standard InChI is InChI=1S/C28H24ClF2N3O4/c29-22-8-2-1-7-21(22)28(36)12-15-34(16-13-28)26(35)20-11-10-19(17-24(20)37-27(30)31)33-38-23-9-3-5-18-6-4-14-32-25(18)23/h1-11,14,17,27,33,36H,12-13,15-16H2. The molecule has 7 nitrogen and oxygen atoms in total. The van der Waals surface area contributed by atoms with E-state index in [1.165, 1.54) is 23.1 Å². The Balaban J connectivity index is 1.32. The van der Waals surface area contributed by atoms with Crippen molar-refractivity contribution in [3.05, 3.63) is 95.1 Å². The lowest BCUT2D eigenvalue weighted by molar-refractivity contribution is -0.0504. The van der Waals surface area contributed by atoms with Gasteiger partial charge in [-0.15, -0.1) is 0 Å². The Kier molecular flexibility index (Phi) is 7.31. The summed E-state index contributed by atoms with van der Waals surface area (Å²) >= 11 is 6.27. The van der Waals surface area contributed by atoms with Gasteiger partial charge in [0.25, 0.3) is 5.91 Å². The lowest BCUT2D eigenvalue weighted by Crippen LogP contribution is -2.45. The minimum Gasteiger partial charge on any atom is -0.434 e. The first-order valence-electron chi connectivity index (χ1n) is 12.0. The maximum absolute atomic E-state index is 13.3. The Labute approximate surface area is 222 Å². The molecule has 196 valence electrons. The number of ether oxygens (including phenoxy) is 1. The number of nitrogens with zero attached hydrogens (tertiary/aromatic N) is 2. The third-order valence-electron chi connectivity index (χ3n) is 6.56. The fourth-order valence-electron chi connectivity index (χ4n) is 4.59. The molecule has 1 aromatic heterocycles. The second kappa shape index (κ2) is 10.8. The van der Waals surface area contributed by atoms with Gasteiger partial charge in [-0.2, -0.15) is 8.78 Å². The second-order valence-corrected chi connectivity index (χ2v) is 9.34. The number of anilines is 1. The number of aromatic nitrogens is 1. The van der Waals surface area contributed by atoms with Crippen molar-refractivity contribution in [2.45, 2.75) is 25.1 Å². The number of likely N-dealkylation sites (tertiary alicyclic amines) is 1. The molecule has 1 fully saturated rings. The SMILES string of the molecule is O=C(c1ccc(NOc2cccc3cccnc23)cc1OC(F)F)N1CCC(O)(c2ccccc2Cl)CC1. The van der Waals surface area contributed by atoms with Crippen molar-refractivity contribution in [1.82, 2.24) is 9.88 Å². The number of pyridine rings is 1. The Morgan fingerprint density at radius 1 is 1.03 bits per heavy atom. The zero-order valence-corrected chi connectivity index (χ0v) is 20.9. The van der Waals surface area contributed by atoms with E-state index in [1.807, 2.05) is 18.2 Å². The van der Waals surface area contributed by atoms with Crippen molar-refractivity contribution in [3.63, 3.8) is 0 Å². The highest BCUT2D eigenvalue weighted by atomic mass is 35.5. The lowest BCUT2D eigenvalue weighted by atomic mass is 9.84. The molecule has 1 saturated heterocycles. The van der Waals surface area contributed by atoms with Gasteiger partial charge >= 0.3 is 6.61 Å². The first-order chi connectivity index (χ1) is 18.3. The summed E-state index contributed by atoms with van der Waals surface area (Å²) in [7, 11) is 0. The van der Waals surface area contributed by atoms with Gasteiger partial charge in [0.1, 0.15) is 11.3 Å². The van der Waals surface area contributed by atoms with E-state index in [-0.39, 0.29) is 37.2 Å². The van der Waals surface area contributed by atoms with Crippen LogP contribution in [0.3, 0.4) is 0 Å². The Bertz CT molecular complexity index is 1460. The number of hydrogen-bond acceptors (Lipinski definition) is 6. The average Bonchev–Trinajstić information content (AvgIpc) is 2.92. The predicted octanol–water partition coefficient (Wildman–Crippen LogP) is 6.02. The van der Waals surface area contributed by atoms with E-state index in [1.54, 1.807) is 42.6 Å². The molecule has 38 heavy (non-hydrogen) atoms. The number of amides is 1. The predicted molar refractivity (Wildman–Crippen MR) is 140 cm³/mol. The summed E-state index contributed by atoms with van der Waals surface area (Å²) in [6.45, 7) is -2.70. The van der Waals surface area contributed by atoms with Crippen molar-refractivity contribution < 1.29 is 28.3 Å². The largest absolute Gasteiger partial charge is 0.434 e. The fourth-order valence-corrected chi connectivity index (χ4v) is 4.90. The van der Waals surface area contributed by atoms with Crippen LogP contribution in [-0.2, 0) is 5.60 Å². The van der Waals surface area contributed by atoms with E-state index in [0.29, 0.717) is 27.5 Å². The number of carbonyl (C=O) groups excluding carboxylic acids is 1. The molecule has 1 aliphatic heterocycles. The molecule has 1 aliphatic rings. The third kappa shape index (κ3) is 5.34. The van der Waals surface area contributed by atoms with E-state index >= 15 is 0 Å². The van der Waals surface area contributed by atoms with Gasteiger partial charge in [0.15, 0.2) is 5.75 Å². The number of aliphatic hydroxyl groups is 1. The highest BCUT2D eigenvalue weighted by Crippen LogP contribution is 2.37. The number of hydrogen-bond donors (Lipinski definition) is 2. The third-order valence-corrected chi connectivity index (χ3v) is 6.89. The van der Waals surface area contributed by atoms with Crippen LogP contribution < -0.4 is 15.1 Å². The quantitative estimate of drug-likeness (QED) is 0.279. The Morgan fingerprint density at radius 3 is 2.55 bits per heavy atom. The zero-order chi connectivity index (χ0) is 26.7. The van der Waals surface area contributed by atoms with Gasteiger partial charge in [-0.25, -0.2) is 5.48 Å². The number of alkyl halides is 2. The molecule has 5 rings (SSSR count). The molecule has 0 aliphatic carbocycles. The van der Waals surface area contributed by atoms with Crippen molar-refractivity contribution in [2.24, 2.45) is 0 Å². The molecule has 0 unspecified atom stereocenters. The Morgan fingerprint density at radius 2 is 1.79 bits per heavy atom. The van der Waals surface area contributed by atoms with Crippen LogP contribution in [0.15, 0.2) is 79.0 Å². The summed E-state index contributed by atoms with van der Waals surface area (Å²) in [5.41, 5.74) is 3.04. The summed E-state index contributed by atoms with van der Waals surface area (Å²) in [5.74, 6) is -0.326. The number of nitrogens with one attached hydrogen (secondary N) is 1. The van der Waals surface area contributed by atoms with Crippen LogP contribution in [0.2, 0.25) is 5.02 Å². The van der Waals surface area contributed by atoms with Crippen LogP contribution in [0.4, 0.5) is 14.5 Å². The van der Waals surface area contributed by atoms with Crippen LogP contribution in [-0.4, -0.2) is 40.6 Å². The minimum absolute atomic E-state index is 0.0224. The van der Waals surface area contributed by atoms with Crippen molar-refractivity contribution >= 4 is 34.1 Å². The van der Waals surface area contributed by atoms with Gasteiger partial charge in [-0.05, 0) is 43.2 Å². The molecule has 4 aromatic rings. The maximum Gasteiger partial charge on any atom is 0.387 e. The minimum atomic E-state index is -3.13. The van der Waals surface area contributed by atoms with Crippen LogP contribution in [0.5, 0.6) is 11.5 Å². The highest BCUT2D eigenvalue weighted by molar-refractivity contribution is 6.31. The van der Waals surface area contributed by atoms with Crippen LogP contribution in [0.25, 0.3) is 10.9 Å². The summed E-state index contributed by atoms with van der Waals surface area (Å²) in [6.07, 6.45) is 2.14. The van der Waals surface area contributed by atoms with E-state index in [9.17, 15) is 18.7 Å². The molecule has 1 amide bonds. The van der Waals surface area contributed by atoms with Gasteiger partial charge < -0.3 is 19.6 Å². The zero-order valence-electron chi connectivity index (χ0n) is 20.1. The van der Waals surface area contributed by atoms with E-state index in [4.69, 9.17) is 21.2 Å². The average molecular weight is 540 g/mol. The molecule has 2 N–H and O–H groups in total. The number of carbonyl (C=O) groups is 1. The van der Waals surface area contributed by atoms with Crippen molar-refractivity contribution in [2.75, 3.05) is 18.6 Å². The number of rotatable bonds is 7. The summed E-state index contributed by atoms with van der Waals surface area (Å²) in [4.78, 5) is 24.8. The number of halogens is 3. The molecule has 0 atom stereocenters. The normalized spacial score (nSPS) is 14.9. The molecular formula is C28H24ClF2N3O4. The van der Waals surface area contributed by atoms with E-state index in [2.05, 4.69) is 10.5 Å². The van der Waals surface area contributed by atoms with Crippen LogP contribution >= 0.6 is 11.6 Å². The molecule has 3 aromatic carbocycles. The van der Waals surface area contributed by atoms with Gasteiger partial charge in [-0.3, -0.25) is 9.78 Å². The number of fused-ring (bicyclic) bond motifs is 1. The van der Waals surface area contributed by atoms with E-state index in [0.717, 1.165) is 5.39 Å². The second-order valence-electron chi connectivity index (χ2n) is 8.93. The number of benzene rings is 3. The summed E-state index contributed by atoms with van der Waals surface area (Å²) in [6, 6.07) is 20.4. The van der Waals surface area contributed by atoms with Gasteiger partial charge in [-0.1, -0.05) is 48.0 Å². The lowest BCUT2D eigenvalue weighted by Gasteiger charge is -2.39. The molecule has 0 saturated carbocycles. The topological polar surface area (TPSA) is 83.9 Å². The fraction of sp³-hybridized carbons (Fsp3) is 0.214. The first kappa shape index (κ1) is 25.7. The number of piperidine rings is 1. The molecule has 0 spiro atoms. The highest BCUT2D eigenvalue weighted by Gasteiger charge is 2.37. The number of para-hydroxylation sites is 1. The van der Waals surface area contributed by atoms with Crippen LogP contribution in [0, 0.1) is 0 Å². The van der Waals surface area contributed by atoms with Gasteiger partial charge in [0.2, 0.25) is 0 Å². The smallest absolute Gasteiger partial charge is 0.387 e. The molecular weight excluding hydrogens is 516 g/mol. The summed E-state index contributed by atoms with van der Waals surface area (Å²) in [5, 5.41) is 12.5.